The standard InChI is InChI=1S/C18H28N2O2/c1-14(16-9-6-10-19-12-16)11-18(21)20-13-17(22-2)15-7-4-3-5-8-15/h3-5,7-8,14,16-17,19H,6,9-13H2,1-2H3,(H,20,21). The van der Waals surface area contributed by atoms with E-state index in [1.807, 2.05) is 30.3 Å². The summed E-state index contributed by atoms with van der Waals surface area (Å²) in [5.74, 6) is 1.16. The lowest BCUT2D eigenvalue weighted by Crippen LogP contribution is -2.36. The van der Waals surface area contributed by atoms with Crippen LogP contribution in [0.1, 0.15) is 37.9 Å². The number of nitrogens with one attached hydrogen (secondary N) is 2. The zero-order valence-electron chi connectivity index (χ0n) is 13.7. The van der Waals surface area contributed by atoms with Gasteiger partial charge in [0.1, 0.15) is 0 Å². The zero-order chi connectivity index (χ0) is 15.8. The molecule has 1 aromatic rings. The van der Waals surface area contributed by atoms with E-state index in [1.54, 1.807) is 7.11 Å². The molecule has 1 heterocycles. The molecular formula is C18H28N2O2. The van der Waals surface area contributed by atoms with E-state index in [0.717, 1.165) is 18.7 Å². The monoisotopic (exact) mass is 304 g/mol. The van der Waals surface area contributed by atoms with Crippen molar-refractivity contribution in [3.8, 4) is 0 Å². The van der Waals surface area contributed by atoms with Crippen molar-refractivity contribution in [1.82, 2.24) is 10.6 Å². The Kier molecular flexibility index (Phi) is 6.87. The Morgan fingerprint density at radius 1 is 1.41 bits per heavy atom. The maximum atomic E-state index is 12.2. The smallest absolute Gasteiger partial charge is 0.220 e. The predicted octanol–water partition coefficient (Wildman–Crippen LogP) is 2.52. The number of ether oxygens (including phenoxy) is 1. The second-order valence-electron chi connectivity index (χ2n) is 6.23. The number of carbonyl (C=O) groups is 1. The van der Waals surface area contributed by atoms with Crippen LogP contribution in [0.15, 0.2) is 30.3 Å². The average molecular weight is 304 g/mol. The van der Waals surface area contributed by atoms with Crippen molar-refractivity contribution in [2.75, 3.05) is 26.7 Å². The minimum atomic E-state index is -0.0863. The highest BCUT2D eigenvalue weighted by Crippen LogP contribution is 2.22. The molecule has 0 bridgehead atoms. The molecule has 0 radical (unpaired) electrons. The molecule has 22 heavy (non-hydrogen) atoms. The van der Waals surface area contributed by atoms with Crippen LogP contribution in [0.5, 0.6) is 0 Å². The van der Waals surface area contributed by atoms with Crippen LogP contribution in [0.4, 0.5) is 0 Å². The van der Waals surface area contributed by atoms with Crippen LogP contribution in [0, 0.1) is 11.8 Å². The number of piperidine rings is 1. The zero-order valence-corrected chi connectivity index (χ0v) is 13.7. The van der Waals surface area contributed by atoms with Crippen molar-refractivity contribution in [2.45, 2.75) is 32.3 Å². The topological polar surface area (TPSA) is 50.4 Å². The molecule has 0 aromatic heterocycles. The summed E-state index contributed by atoms with van der Waals surface area (Å²) in [7, 11) is 1.68. The molecule has 3 atom stereocenters. The second kappa shape index (κ2) is 8.91. The van der Waals surface area contributed by atoms with E-state index in [4.69, 9.17) is 4.74 Å². The van der Waals surface area contributed by atoms with Crippen LogP contribution in [0.2, 0.25) is 0 Å². The van der Waals surface area contributed by atoms with Gasteiger partial charge in [0.2, 0.25) is 5.91 Å². The van der Waals surface area contributed by atoms with Gasteiger partial charge in [0.15, 0.2) is 0 Å². The van der Waals surface area contributed by atoms with Crippen molar-refractivity contribution in [3.05, 3.63) is 35.9 Å². The second-order valence-corrected chi connectivity index (χ2v) is 6.23. The first-order chi connectivity index (χ1) is 10.7. The van der Waals surface area contributed by atoms with Gasteiger partial charge in [-0.1, -0.05) is 37.3 Å². The van der Waals surface area contributed by atoms with Crippen LogP contribution in [0.25, 0.3) is 0 Å². The summed E-state index contributed by atoms with van der Waals surface area (Å²) in [6.45, 7) is 4.86. The van der Waals surface area contributed by atoms with Gasteiger partial charge >= 0.3 is 0 Å². The van der Waals surface area contributed by atoms with Gasteiger partial charge in [0.25, 0.3) is 0 Å². The molecule has 2 N–H and O–H groups in total. The Bertz CT molecular complexity index is 444. The Morgan fingerprint density at radius 2 is 2.18 bits per heavy atom. The number of methoxy groups -OCH3 is 1. The van der Waals surface area contributed by atoms with Crippen LogP contribution < -0.4 is 10.6 Å². The van der Waals surface area contributed by atoms with Gasteiger partial charge in [0, 0.05) is 20.1 Å². The average Bonchev–Trinajstić information content (AvgIpc) is 2.57. The van der Waals surface area contributed by atoms with E-state index in [1.165, 1.54) is 12.8 Å². The van der Waals surface area contributed by atoms with E-state index >= 15 is 0 Å². The van der Waals surface area contributed by atoms with Gasteiger partial charge in [-0.05, 0) is 43.3 Å². The largest absolute Gasteiger partial charge is 0.375 e. The summed E-state index contributed by atoms with van der Waals surface area (Å²) in [4.78, 5) is 12.2. The van der Waals surface area contributed by atoms with Crippen molar-refractivity contribution in [3.63, 3.8) is 0 Å². The van der Waals surface area contributed by atoms with E-state index in [0.29, 0.717) is 24.8 Å². The molecule has 1 saturated heterocycles. The highest BCUT2D eigenvalue weighted by molar-refractivity contribution is 5.76. The van der Waals surface area contributed by atoms with Crippen LogP contribution in [-0.4, -0.2) is 32.7 Å². The third-order valence-corrected chi connectivity index (χ3v) is 4.59. The fourth-order valence-corrected chi connectivity index (χ4v) is 3.11. The first kappa shape index (κ1) is 17.0. The lowest BCUT2D eigenvalue weighted by Gasteiger charge is -2.28. The summed E-state index contributed by atoms with van der Waals surface area (Å²) >= 11 is 0. The lowest BCUT2D eigenvalue weighted by molar-refractivity contribution is -0.122. The number of rotatable bonds is 7. The van der Waals surface area contributed by atoms with E-state index < -0.39 is 0 Å². The molecule has 0 spiro atoms. The summed E-state index contributed by atoms with van der Waals surface area (Å²) in [5, 5.41) is 6.44. The molecule has 1 aromatic carbocycles. The maximum absolute atomic E-state index is 12.2. The normalized spacial score (nSPS) is 21.1. The molecule has 1 fully saturated rings. The molecule has 1 aliphatic heterocycles. The Hall–Kier alpha value is -1.39. The third kappa shape index (κ3) is 5.11. The van der Waals surface area contributed by atoms with E-state index in [2.05, 4.69) is 17.6 Å². The Balaban J connectivity index is 1.76. The molecular weight excluding hydrogens is 276 g/mol. The van der Waals surface area contributed by atoms with Gasteiger partial charge < -0.3 is 15.4 Å². The summed E-state index contributed by atoms with van der Waals surface area (Å²) in [6.07, 6.45) is 2.96. The molecule has 3 unspecified atom stereocenters. The first-order valence-electron chi connectivity index (χ1n) is 8.26. The number of hydrogen-bond donors (Lipinski definition) is 2. The van der Waals surface area contributed by atoms with Gasteiger partial charge in [-0.2, -0.15) is 0 Å². The third-order valence-electron chi connectivity index (χ3n) is 4.59. The fraction of sp³-hybridized carbons (Fsp3) is 0.611. The van der Waals surface area contributed by atoms with Crippen LogP contribution in [0.3, 0.4) is 0 Å². The number of carbonyl (C=O) groups excluding carboxylic acids is 1. The number of hydrogen-bond acceptors (Lipinski definition) is 3. The van der Waals surface area contributed by atoms with E-state index in [9.17, 15) is 4.79 Å². The SMILES string of the molecule is COC(CNC(=O)CC(C)C1CCCNC1)c1ccccc1. The summed E-state index contributed by atoms with van der Waals surface area (Å²) in [5.41, 5.74) is 1.09. The minimum Gasteiger partial charge on any atom is -0.375 e. The predicted molar refractivity (Wildman–Crippen MR) is 88.6 cm³/mol. The summed E-state index contributed by atoms with van der Waals surface area (Å²) in [6, 6.07) is 10.0. The molecule has 2 rings (SSSR count). The maximum Gasteiger partial charge on any atom is 0.220 e. The number of benzene rings is 1. The molecule has 1 aliphatic rings. The van der Waals surface area contributed by atoms with Crippen molar-refractivity contribution < 1.29 is 9.53 Å². The summed E-state index contributed by atoms with van der Waals surface area (Å²) < 4.78 is 5.48. The highest BCUT2D eigenvalue weighted by Gasteiger charge is 2.22. The van der Waals surface area contributed by atoms with Crippen molar-refractivity contribution >= 4 is 5.91 Å². The van der Waals surface area contributed by atoms with Gasteiger partial charge in [-0.25, -0.2) is 0 Å². The fourth-order valence-electron chi connectivity index (χ4n) is 3.11. The Labute approximate surface area is 133 Å². The quantitative estimate of drug-likeness (QED) is 0.814. The van der Waals surface area contributed by atoms with Crippen LogP contribution >= 0.6 is 0 Å². The van der Waals surface area contributed by atoms with E-state index in [-0.39, 0.29) is 12.0 Å². The van der Waals surface area contributed by atoms with Crippen molar-refractivity contribution in [2.24, 2.45) is 11.8 Å². The van der Waals surface area contributed by atoms with Gasteiger partial charge in [0.05, 0.1) is 6.10 Å². The Morgan fingerprint density at radius 3 is 2.82 bits per heavy atom. The lowest BCUT2D eigenvalue weighted by atomic mass is 9.85. The molecule has 0 aliphatic carbocycles. The highest BCUT2D eigenvalue weighted by atomic mass is 16.5. The molecule has 1 amide bonds. The molecule has 4 nitrogen and oxygen atoms in total. The molecule has 4 heteroatoms. The van der Waals surface area contributed by atoms with Crippen molar-refractivity contribution in [1.29, 1.82) is 0 Å². The van der Waals surface area contributed by atoms with Crippen LogP contribution in [-0.2, 0) is 9.53 Å². The first-order valence-corrected chi connectivity index (χ1v) is 8.26. The van der Waals surface area contributed by atoms with Gasteiger partial charge in [-0.3, -0.25) is 4.79 Å². The molecule has 122 valence electrons. The molecule has 0 saturated carbocycles. The minimum absolute atomic E-state index is 0.0863. The van der Waals surface area contributed by atoms with Gasteiger partial charge in [-0.15, -0.1) is 0 Å². The number of amides is 1.